The summed E-state index contributed by atoms with van der Waals surface area (Å²) in [4.78, 5) is 3.89. The SMILES string of the molecule is COc1ccc(N2CCc3sccc3C2C)c(N)c1. The lowest BCUT2D eigenvalue weighted by Gasteiger charge is -2.36. The molecule has 1 aromatic heterocycles. The molecule has 100 valence electrons. The Hall–Kier alpha value is -1.68. The van der Waals surface area contributed by atoms with E-state index in [1.54, 1.807) is 7.11 Å². The number of rotatable bonds is 2. The van der Waals surface area contributed by atoms with Crippen molar-refractivity contribution in [3.63, 3.8) is 0 Å². The number of methoxy groups -OCH3 is 1. The second kappa shape index (κ2) is 4.78. The first-order chi connectivity index (χ1) is 9.20. The molecule has 2 N–H and O–H groups in total. The van der Waals surface area contributed by atoms with E-state index in [4.69, 9.17) is 10.5 Å². The largest absolute Gasteiger partial charge is 0.497 e. The van der Waals surface area contributed by atoms with Crippen molar-refractivity contribution in [1.29, 1.82) is 0 Å². The molecule has 0 saturated carbocycles. The maximum absolute atomic E-state index is 6.17. The van der Waals surface area contributed by atoms with E-state index < -0.39 is 0 Å². The van der Waals surface area contributed by atoms with Crippen molar-refractivity contribution in [1.82, 2.24) is 0 Å². The van der Waals surface area contributed by atoms with Gasteiger partial charge < -0.3 is 15.4 Å². The van der Waals surface area contributed by atoms with Gasteiger partial charge in [0.1, 0.15) is 5.75 Å². The Labute approximate surface area is 117 Å². The first kappa shape index (κ1) is 12.4. The van der Waals surface area contributed by atoms with Crippen LogP contribution in [0.1, 0.15) is 23.4 Å². The summed E-state index contributed by atoms with van der Waals surface area (Å²) in [5, 5.41) is 2.18. The quantitative estimate of drug-likeness (QED) is 0.852. The molecule has 3 nitrogen and oxygen atoms in total. The van der Waals surface area contributed by atoms with Crippen LogP contribution in [0, 0.1) is 0 Å². The fourth-order valence-corrected chi connectivity index (χ4v) is 3.72. The summed E-state index contributed by atoms with van der Waals surface area (Å²) in [6.45, 7) is 3.26. The number of hydrogen-bond donors (Lipinski definition) is 1. The van der Waals surface area contributed by atoms with Gasteiger partial charge in [0.25, 0.3) is 0 Å². The van der Waals surface area contributed by atoms with Gasteiger partial charge in [0.05, 0.1) is 24.5 Å². The van der Waals surface area contributed by atoms with Crippen LogP contribution in [-0.2, 0) is 6.42 Å². The minimum atomic E-state index is 0.380. The number of nitrogens with zero attached hydrogens (tertiary/aromatic N) is 1. The molecule has 0 spiro atoms. The molecule has 0 radical (unpaired) electrons. The highest BCUT2D eigenvalue weighted by molar-refractivity contribution is 7.10. The van der Waals surface area contributed by atoms with Gasteiger partial charge in [0.15, 0.2) is 0 Å². The third-order valence-corrected chi connectivity index (χ3v) is 4.82. The van der Waals surface area contributed by atoms with E-state index in [0.29, 0.717) is 6.04 Å². The van der Waals surface area contributed by atoms with Crippen molar-refractivity contribution in [2.24, 2.45) is 0 Å². The Morgan fingerprint density at radius 3 is 2.95 bits per heavy atom. The zero-order valence-corrected chi connectivity index (χ0v) is 12.0. The summed E-state index contributed by atoms with van der Waals surface area (Å²) >= 11 is 1.86. The van der Waals surface area contributed by atoms with Gasteiger partial charge >= 0.3 is 0 Å². The van der Waals surface area contributed by atoms with E-state index in [-0.39, 0.29) is 0 Å². The zero-order valence-electron chi connectivity index (χ0n) is 11.2. The molecule has 1 aromatic carbocycles. The molecular formula is C15H18N2OS. The van der Waals surface area contributed by atoms with Gasteiger partial charge in [-0.25, -0.2) is 0 Å². The highest BCUT2D eigenvalue weighted by atomic mass is 32.1. The summed E-state index contributed by atoms with van der Waals surface area (Å²) in [6, 6.07) is 8.54. The molecule has 0 fully saturated rings. The number of nitrogens with two attached hydrogens (primary N) is 1. The lowest BCUT2D eigenvalue weighted by Crippen LogP contribution is -2.33. The van der Waals surface area contributed by atoms with E-state index in [2.05, 4.69) is 29.3 Å². The first-order valence-electron chi connectivity index (χ1n) is 6.47. The summed E-state index contributed by atoms with van der Waals surface area (Å²) in [6.07, 6.45) is 1.10. The van der Waals surface area contributed by atoms with Crippen molar-refractivity contribution in [2.45, 2.75) is 19.4 Å². The van der Waals surface area contributed by atoms with E-state index in [0.717, 1.165) is 30.1 Å². The summed E-state index contributed by atoms with van der Waals surface area (Å²) in [5.74, 6) is 0.808. The number of ether oxygens (including phenoxy) is 1. The summed E-state index contributed by atoms with van der Waals surface area (Å²) in [7, 11) is 1.66. The van der Waals surface area contributed by atoms with Crippen LogP contribution in [0.3, 0.4) is 0 Å². The molecule has 2 heterocycles. The molecule has 19 heavy (non-hydrogen) atoms. The molecule has 0 aliphatic carbocycles. The van der Waals surface area contributed by atoms with Crippen LogP contribution >= 0.6 is 11.3 Å². The molecule has 1 aliphatic heterocycles. The zero-order chi connectivity index (χ0) is 13.4. The van der Waals surface area contributed by atoms with E-state index in [1.165, 1.54) is 10.4 Å². The maximum atomic E-state index is 6.17. The van der Waals surface area contributed by atoms with Crippen LogP contribution in [0.15, 0.2) is 29.6 Å². The molecular weight excluding hydrogens is 256 g/mol. The molecule has 0 saturated heterocycles. The van der Waals surface area contributed by atoms with Gasteiger partial charge in [-0.1, -0.05) is 0 Å². The highest BCUT2D eigenvalue weighted by Gasteiger charge is 2.25. The molecule has 1 aliphatic rings. The number of nitrogen functional groups attached to an aromatic ring is 1. The minimum Gasteiger partial charge on any atom is -0.497 e. The molecule has 1 atom stereocenters. The highest BCUT2D eigenvalue weighted by Crippen LogP contribution is 2.38. The minimum absolute atomic E-state index is 0.380. The molecule has 3 rings (SSSR count). The second-order valence-corrected chi connectivity index (χ2v) is 5.84. The lowest BCUT2D eigenvalue weighted by atomic mass is 10.0. The Morgan fingerprint density at radius 2 is 2.21 bits per heavy atom. The fourth-order valence-electron chi connectivity index (χ4n) is 2.76. The van der Waals surface area contributed by atoms with Gasteiger partial charge in [-0.3, -0.25) is 0 Å². The maximum Gasteiger partial charge on any atom is 0.121 e. The number of fused-ring (bicyclic) bond motifs is 1. The van der Waals surface area contributed by atoms with Crippen molar-refractivity contribution >= 4 is 22.7 Å². The van der Waals surface area contributed by atoms with Gasteiger partial charge in [-0.2, -0.15) is 0 Å². The first-order valence-corrected chi connectivity index (χ1v) is 7.35. The number of benzene rings is 1. The van der Waals surface area contributed by atoms with Crippen LogP contribution < -0.4 is 15.4 Å². The fraction of sp³-hybridized carbons (Fsp3) is 0.333. The van der Waals surface area contributed by atoms with Crippen molar-refractivity contribution in [3.8, 4) is 5.75 Å². The van der Waals surface area contributed by atoms with Crippen molar-refractivity contribution in [2.75, 3.05) is 24.3 Å². The second-order valence-electron chi connectivity index (χ2n) is 4.84. The van der Waals surface area contributed by atoms with Crippen LogP contribution in [0.2, 0.25) is 0 Å². The molecule has 4 heteroatoms. The van der Waals surface area contributed by atoms with Crippen LogP contribution in [0.5, 0.6) is 5.75 Å². The van der Waals surface area contributed by atoms with E-state index >= 15 is 0 Å². The Morgan fingerprint density at radius 1 is 1.37 bits per heavy atom. The monoisotopic (exact) mass is 274 g/mol. The number of anilines is 2. The molecule has 2 aromatic rings. The van der Waals surface area contributed by atoms with E-state index in [9.17, 15) is 0 Å². The van der Waals surface area contributed by atoms with Crippen LogP contribution in [0.4, 0.5) is 11.4 Å². The van der Waals surface area contributed by atoms with Gasteiger partial charge in [0, 0.05) is 17.5 Å². The molecule has 1 unspecified atom stereocenters. The predicted molar refractivity (Wildman–Crippen MR) is 81.2 cm³/mol. The average molecular weight is 274 g/mol. The number of hydrogen-bond acceptors (Lipinski definition) is 4. The Balaban J connectivity index is 1.95. The normalized spacial score (nSPS) is 18.2. The van der Waals surface area contributed by atoms with Crippen LogP contribution in [-0.4, -0.2) is 13.7 Å². The van der Waals surface area contributed by atoms with Crippen molar-refractivity contribution < 1.29 is 4.74 Å². The van der Waals surface area contributed by atoms with Gasteiger partial charge in [0.2, 0.25) is 0 Å². The Kier molecular flexibility index (Phi) is 3.11. The van der Waals surface area contributed by atoms with Gasteiger partial charge in [-0.15, -0.1) is 11.3 Å². The van der Waals surface area contributed by atoms with Crippen LogP contribution in [0.25, 0.3) is 0 Å². The van der Waals surface area contributed by atoms with Gasteiger partial charge in [-0.05, 0) is 42.5 Å². The predicted octanol–water partition coefficient (Wildman–Crippen LogP) is 3.46. The topological polar surface area (TPSA) is 38.5 Å². The van der Waals surface area contributed by atoms with Crippen molar-refractivity contribution in [3.05, 3.63) is 40.1 Å². The molecule has 0 amide bonds. The molecule has 0 bridgehead atoms. The standard InChI is InChI=1S/C15H18N2OS/c1-10-12-6-8-19-15(12)5-7-17(10)14-4-3-11(18-2)9-13(14)16/h3-4,6,8-10H,5,7,16H2,1-2H3. The Bertz CT molecular complexity index is 594. The van der Waals surface area contributed by atoms with E-state index in [1.807, 2.05) is 23.5 Å². The summed E-state index contributed by atoms with van der Waals surface area (Å²) in [5.41, 5.74) is 9.49. The third kappa shape index (κ3) is 2.06. The average Bonchev–Trinajstić information content (AvgIpc) is 2.89. The third-order valence-electron chi connectivity index (χ3n) is 3.82. The lowest BCUT2D eigenvalue weighted by molar-refractivity contribution is 0.415. The number of thiophene rings is 1. The smallest absolute Gasteiger partial charge is 0.121 e. The summed E-state index contributed by atoms with van der Waals surface area (Å²) < 4.78 is 5.21.